The molecule has 0 unspecified atom stereocenters. The molecule has 2 heterocycles. The molecule has 34 heavy (non-hydrogen) atoms. The van der Waals surface area contributed by atoms with Gasteiger partial charge in [0.15, 0.2) is 0 Å². The zero-order chi connectivity index (χ0) is 24.1. The molecule has 0 aliphatic carbocycles. The van der Waals surface area contributed by atoms with Gasteiger partial charge in [0.25, 0.3) is 0 Å². The number of nitrogens with two attached hydrogens (primary N) is 1. The summed E-state index contributed by atoms with van der Waals surface area (Å²) in [5, 5.41) is 11.5. The fourth-order valence-electron chi connectivity index (χ4n) is 4.20. The first-order valence-corrected chi connectivity index (χ1v) is 11.5. The summed E-state index contributed by atoms with van der Waals surface area (Å²) in [5.74, 6) is -0.136. The van der Waals surface area contributed by atoms with Crippen molar-refractivity contribution in [2.45, 2.75) is 32.0 Å². The summed E-state index contributed by atoms with van der Waals surface area (Å²) >= 11 is 6.37. The number of rotatable bonds is 7. The second-order valence-electron chi connectivity index (χ2n) is 8.41. The van der Waals surface area contributed by atoms with Crippen molar-refractivity contribution < 1.29 is 9.59 Å². The number of nitrogens with zero attached hydrogens (tertiary/aromatic N) is 5. The van der Waals surface area contributed by atoms with E-state index < -0.39 is 0 Å². The van der Waals surface area contributed by atoms with Crippen LogP contribution in [0, 0.1) is 0 Å². The molecule has 1 aliphatic heterocycles. The molecule has 10 heteroatoms. The minimum atomic E-state index is -0.357. The van der Waals surface area contributed by atoms with Gasteiger partial charge in [-0.1, -0.05) is 47.1 Å². The Kier molecular flexibility index (Phi) is 7.32. The van der Waals surface area contributed by atoms with Gasteiger partial charge < -0.3 is 20.9 Å². The minimum Gasteiger partial charge on any atom is -0.399 e. The van der Waals surface area contributed by atoms with E-state index in [4.69, 9.17) is 17.3 Å². The van der Waals surface area contributed by atoms with Gasteiger partial charge in [0, 0.05) is 37.0 Å². The fraction of sp³-hybridized carbons (Fsp3) is 0.333. The quantitative estimate of drug-likeness (QED) is 0.504. The molecular weight excluding hydrogens is 454 g/mol. The van der Waals surface area contributed by atoms with Crippen molar-refractivity contribution in [1.82, 2.24) is 30.1 Å². The smallest absolute Gasteiger partial charge is 0.318 e. The van der Waals surface area contributed by atoms with Gasteiger partial charge >= 0.3 is 6.03 Å². The number of hydrogen-bond donors (Lipinski definition) is 2. The molecule has 0 spiro atoms. The summed E-state index contributed by atoms with van der Waals surface area (Å²) in [6.45, 7) is 1.13. The van der Waals surface area contributed by atoms with Gasteiger partial charge in [-0.25, -0.2) is 4.79 Å². The average molecular weight is 482 g/mol. The molecular formula is C24H28ClN7O2. The molecule has 1 aliphatic rings. The molecule has 3 aromatic rings. The second kappa shape index (κ2) is 10.6. The second-order valence-corrected chi connectivity index (χ2v) is 8.81. The molecule has 1 saturated heterocycles. The van der Waals surface area contributed by atoms with Gasteiger partial charge in [-0.05, 0) is 42.2 Å². The lowest BCUT2D eigenvalue weighted by Gasteiger charge is -2.27. The average Bonchev–Trinajstić information content (AvgIpc) is 3.47. The summed E-state index contributed by atoms with van der Waals surface area (Å²) in [4.78, 5) is 29.5. The fourth-order valence-corrected chi connectivity index (χ4v) is 4.47. The molecule has 1 aromatic heterocycles. The SMILES string of the molecule is Cn1cc(CN(Cc2ccc(N)cc2)C(=O)NCC(=O)N2CCC[C@@H]2c2ccccc2Cl)nn1. The van der Waals surface area contributed by atoms with Crippen molar-refractivity contribution in [2.75, 3.05) is 18.8 Å². The van der Waals surface area contributed by atoms with Crippen LogP contribution in [0.5, 0.6) is 0 Å². The predicted octanol–water partition coefficient (Wildman–Crippen LogP) is 3.13. The van der Waals surface area contributed by atoms with Gasteiger partial charge in [-0.3, -0.25) is 9.48 Å². The van der Waals surface area contributed by atoms with Crippen LogP contribution in [-0.4, -0.2) is 49.8 Å². The Labute approximate surface area is 203 Å². The number of aryl methyl sites for hydroxylation is 1. The van der Waals surface area contributed by atoms with Crippen molar-refractivity contribution in [2.24, 2.45) is 7.05 Å². The Balaban J connectivity index is 1.42. The molecule has 178 valence electrons. The molecule has 0 saturated carbocycles. The van der Waals surface area contributed by atoms with Crippen LogP contribution in [0.3, 0.4) is 0 Å². The number of carbonyl (C=O) groups excluding carboxylic acids is 2. The monoisotopic (exact) mass is 481 g/mol. The molecule has 3 N–H and O–H groups in total. The lowest BCUT2D eigenvalue weighted by atomic mass is 10.0. The topological polar surface area (TPSA) is 109 Å². The van der Waals surface area contributed by atoms with Crippen molar-refractivity contribution in [3.63, 3.8) is 0 Å². The molecule has 4 rings (SSSR count). The number of carbonyl (C=O) groups is 2. The van der Waals surface area contributed by atoms with Crippen LogP contribution in [0.1, 0.15) is 35.7 Å². The molecule has 3 amide bonds. The first kappa shape index (κ1) is 23.6. The van der Waals surface area contributed by atoms with Gasteiger partial charge in [-0.15, -0.1) is 5.10 Å². The van der Waals surface area contributed by atoms with Crippen LogP contribution < -0.4 is 11.1 Å². The maximum absolute atomic E-state index is 13.1. The van der Waals surface area contributed by atoms with E-state index in [0.29, 0.717) is 29.5 Å². The molecule has 9 nitrogen and oxygen atoms in total. The van der Waals surface area contributed by atoms with E-state index >= 15 is 0 Å². The van der Waals surface area contributed by atoms with Gasteiger partial charge in [0.2, 0.25) is 5.91 Å². The van der Waals surface area contributed by atoms with Gasteiger partial charge in [0.05, 0.1) is 19.1 Å². The maximum Gasteiger partial charge on any atom is 0.318 e. The number of halogens is 1. The number of hydrogen-bond acceptors (Lipinski definition) is 5. The Hall–Kier alpha value is -3.59. The number of urea groups is 1. The number of likely N-dealkylation sites (tertiary alicyclic amines) is 1. The first-order chi connectivity index (χ1) is 16.4. The minimum absolute atomic E-state index is 0.0800. The summed E-state index contributed by atoms with van der Waals surface area (Å²) in [6, 6.07) is 14.5. The van der Waals surface area contributed by atoms with E-state index in [-0.39, 0.29) is 31.1 Å². The number of anilines is 1. The molecule has 1 fully saturated rings. The normalized spacial score (nSPS) is 15.4. The van der Waals surface area contributed by atoms with Crippen LogP contribution in [-0.2, 0) is 24.9 Å². The van der Waals surface area contributed by atoms with Crippen LogP contribution in [0.15, 0.2) is 54.7 Å². The predicted molar refractivity (Wildman–Crippen MR) is 130 cm³/mol. The third-order valence-electron chi connectivity index (χ3n) is 5.87. The van der Waals surface area contributed by atoms with E-state index in [0.717, 1.165) is 24.0 Å². The van der Waals surface area contributed by atoms with Crippen LogP contribution >= 0.6 is 11.6 Å². The summed E-state index contributed by atoms with van der Waals surface area (Å²) in [5.41, 5.74) is 8.94. The molecule has 1 atom stereocenters. The molecule has 0 radical (unpaired) electrons. The number of nitrogen functional groups attached to an aromatic ring is 1. The Morgan fingerprint density at radius 2 is 1.94 bits per heavy atom. The lowest BCUT2D eigenvalue weighted by Crippen LogP contribution is -2.45. The van der Waals surface area contributed by atoms with Gasteiger partial charge in [0.1, 0.15) is 5.69 Å². The van der Waals surface area contributed by atoms with Crippen LogP contribution in [0.4, 0.5) is 10.5 Å². The molecule has 0 bridgehead atoms. The Bertz CT molecular complexity index is 1150. The summed E-state index contributed by atoms with van der Waals surface area (Å²) < 4.78 is 1.58. The number of nitrogens with one attached hydrogen (secondary N) is 1. The highest BCUT2D eigenvalue weighted by Crippen LogP contribution is 2.35. The van der Waals surface area contributed by atoms with Crippen molar-refractivity contribution in [1.29, 1.82) is 0 Å². The third-order valence-corrected chi connectivity index (χ3v) is 6.22. The van der Waals surface area contributed by atoms with E-state index in [9.17, 15) is 9.59 Å². The zero-order valence-corrected chi connectivity index (χ0v) is 19.8. The van der Waals surface area contributed by atoms with Crippen molar-refractivity contribution in [3.8, 4) is 0 Å². The highest BCUT2D eigenvalue weighted by atomic mass is 35.5. The lowest BCUT2D eigenvalue weighted by molar-refractivity contribution is -0.131. The van der Waals surface area contributed by atoms with E-state index in [1.165, 1.54) is 0 Å². The first-order valence-electron chi connectivity index (χ1n) is 11.2. The van der Waals surface area contributed by atoms with Crippen molar-refractivity contribution in [3.05, 3.63) is 76.6 Å². The largest absolute Gasteiger partial charge is 0.399 e. The summed E-state index contributed by atoms with van der Waals surface area (Å²) in [6.07, 6.45) is 3.50. The van der Waals surface area contributed by atoms with E-state index in [1.54, 1.807) is 39.9 Å². The summed E-state index contributed by atoms with van der Waals surface area (Å²) in [7, 11) is 1.77. The number of amides is 3. The number of benzene rings is 2. The highest BCUT2D eigenvalue weighted by Gasteiger charge is 2.31. The van der Waals surface area contributed by atoms with Crippen LogP contribution in [0.2, 0.25) is 5.02 Å². The van der Waals surface area contributed by atoms with Gasteiger partial charge in [-0.2, -0.15) is 0 Å². The zero-order valence-electron chi connectivity index (χ0n) is 19.0. The van der Waals surface area contributed by atoms with Crippen LogP contribution in [0.25, 0.3) is 0 Å². The van der Waals surface area contributed by atoms with E-state index in [1.807, 2.05) is 36.4 Å². The van der Waals surface area contributed by atoms with Crippen molar-refractivity contribution >= 4 is 29.2 Å². The third kappa shape index (κ3) is 5.66. The molecule has 2 aromatic carbocycles. The highest BCUT2D eigenvalue weighted by molar-refractivity contribution is 6.31. The number of aromatic nitrogens is 3. The Morgan fingerprint density at radius 1 is 1.18 bits per heavy atom. The van der Waals surface area contributed by atoms with E-state index in [2.05, 4.69) is 15.6 Å². The maximum atomic E-state index is 13.1. The Morgan fingerprint density at radius 3 is 2.65 bits per heavy atom. The standard InChI is InChI=1S/C24H28ClN7O2/c1-30-15-19(28-29-30)16-31(14-17-8-10-18(26)11-9-17)24(34)27-13-23(33)32-12-4-7-22(32)20-5-2-3-6-21(20)25/h2-3,5-6,8-11,15,22H,4,7,12-14,16,26H2,1H3,(H,27,34)/t22-/m1/s1.